The fourth-order valence-electron chi connectivity index (χ4n) is 3.87. The molecule has 1 heterocycles. The number of carboxylic acid groups (broad SMARTS) is 1. The van der Waals surface area contributed by atoms with Crippen LogP contribution in [0, 0.1) is 6.92 Å². The van der Waals surface area contributed by atoms with Crippen LogP contribution in [-0.2, 0) is 17.5 Å². The number of aromatic nitrogens is 2. The highest BCUT2D eigenvalue weighted by atomic mass is 19.4. The predicted molar refractivity (Wildman–Crippen MR) is 136 cm³/mol. The van der Waals surface area contributed by atoms with Crippen LogP contribution in [0.2, 0.25) is 0 Å². The minimum atomic E-state index is -4.47. The van der Waals surface area contributed by atoms with Crippen molar-refractivity contribution in [1.29, 1.82) is 0 Å². The highest BCUT2D eigenvalue weighted by molar-refractivity contribution is 5.80. The van der Waals surface area contributed by atoms with Crippen molar-refractivity contribution >= 4 is 11.5 Å². The van der Waals surface area contributed by atoms with Crippen molar-refractivity contribution in [3.05, 3.63) is 119 Å². The van der Waals surface area contributed by atoms with Gasteiger partial charge in [-0.3, -0.25) is 4.68 Å². The highest BCUT2D eigenvalue weighted by Crippen LogP contribution is 2.33. The summed E-state index contributed by atoms with van der Waals surface area (Å²) >= 11 is 0. The van der Waals surface area contributed by atoms with Crippen LogP contribution in [0.3, 0.4) is 0 Å². The van der Waals surface area contributed by atoms with Crippen LogP contribution in [0.1, 0.15) is 27.8 Å². The summed E-state index contributed by atoms with van der Waals surface area (Å²) in [4.78, 5) is 10.7. The third kappa shape index (κ3) is 7.03. The number of benzene rings is 3. The zero-order valence-electron chi connectivity index (χ0n) is 20.5. The molecule has 9 heteroatoms. The Kier molecular flexibility index (Phi) is 8.15. The molecule has 0 bridgehead atoms. The predicted octanol–water partition coefficient (Wildman–Crippen LogP) is 6.23. The first-order valence-corrected chi connectivity index (χ1v) is 11.7. The van der Waals surface area contributed by atoms with Gasteiger partial charge in [0.25, 0.3) is 0 Å². The maximum Gasteiger partial charge on any atom is 0.416 e. The normalized spacial score (nSPS) is 11.8. The van der Waals surface area contributed by atoms with Crippen LogP contribution in [0.4, 0.5) is 13.2 Å². The summed E-state index contributed by atoms with van der Waals surface area (Å²) in [5.74, 6) is -0.138. The molecule has 4 aromatic rings. The smallest absolute Gasteiger partial charge is 0.416 e. The molecule has 0 aliphatic carbocycles. The second-order valence-corrected chi connectivity index (χ2v) is 8.52. The standard InChI is InChI=1S/C29H25F3N2O4/c1-20-16-25(10-11-27(20)38-19-28(35)36)37-15-12-26(23-4-2-5-24(17-23)29(30,31)32)22-8-6-21(7-9-22)18-34-14-3-13-33-34/h2-14,16-17H,15,18-19H2,1H3,(H,35,36)/b26-12+. The van der Waals surface area contributed by atoms with Gasteiger partial charge in [-0.2, -0.15) is 18.3 Å². The Bertz CT molecular complexity index is 1410. The van der Waals surface area contributed by atoms with Crippen molar-refractivity contribution in [2.75, 3.05) is 13.2 Å². The first kappa shape index (κ1) is 26.5. The van der Waals surface area contributed by atoms with Gasteiger partial charge in [0, 0.05) is 12.4 Å². The van der Waals surface area contributed by atoms with Gasteiger partial charge in [0.15, 0.2) is 6.61 Å². The molecule has 0 unspecified atom stereocenters. The van der Waals surface area contributed by atoms with Crippen LogP contribution >= 0.6 is 0 Å². The molecule has 0 spiro atoms. The van der Waals surface area contributed by atoms with E-state index in [1.807, 2.05) is 36.5 Å². The Balaban J connectivity index is 1.58. The summed E-state index contributed by atoms with van der Waals surface area (Å²) in [6.45, 7) is 1.98. The highest BCUT2D eigenvalue weighted by Gasteiger charge is 2.30. The molecule has 3 aromatic carbocycles. The summed E-state index contributed by atoms with van der Waals surface area (Å²) in [5.41, 5.74) is 2.71. The minimum absolute atomic E-state index is 0.0926. The summed E-state index contributed by atoms with van der Waals surface area (Å²) in [5, 5.41) is 13.0. The SMILES string of the molecule is Cc1cc(OC/C=C(\c2ccc(Cn3cccn3)cc2)c2cccc(C(F)(F)F)c2)ccc1OCC(=O)O. The van der Waals surface area contributed by atoms with Crippen molar-refractivity contribution < 1.29 is 32.5 Å². The Hall–Kier alpha value is -4.53. The third-order valence-corrected chi connectivity index (χ3v) is 5.70. The van der Waals surface area contributed by atoms with Gasteiger partial charge in [-0.1, -0.05) is 36.4 Å². The second kappa shape index (κ2) is 11.7. The number of ether oxygens (including phenoxy) is 2. The molecule has 1 aromatic heterocycles. The molecule has 0 saturated heterocycles. The fourth-order valence-corrected chi connectivity index (χ4v) is 3.87. The Morgan fingerprint density at radius 2 is 1.79 bits per heavy atom. The van der Waals surface area contributed by atoms with Crippen LogP contribution in [0.15, 0.2) is 91.3 Å². The zero-order valence-corrected chi connectivity index (χ0v) is 20.5. The van der Waals surface area contributed by atoms with E-state index >= 15 is 0 Å². The lowest BCUT2D eigenvalue weighted by Gasteiger charge is -2.14. The number of halogens is 3. The molecule has 6 nitrogen and oxygen atoms in total. The quantitative estimate of drug-likeness (QED) is 0.267. The van der Waals surface area contributed by atoms with E-state index in [1.54, 1.807) is 48.1 Å². The molecule has 0 fully saturated rings. The molecular weight excluding hydrogens is 497 g/mol. The van der Waals surface area contributed by atoms with E-state index in [2.05, 4.69) is 5.10 Å². The molecule has 0 aliphatic rings. The summed E-state index contributed by atoms with van der Waals surface area (Å²) in [6.07, 6.45) is 0.822. The molecule has 4 rings (SSSR count). The van der Waals surface area contributed by atoms with Gasteiger partial charge in [0.1, 0.15) is 18.1 Å². The Morgan fingerprint density at radius 1 is 1.00 bits per heavy atom. The number of aliphatic carboxylic acids is 1. The molecule has 0 saturated carbocycles. The van der Waals surface area contributed by atoms with E-state index in [1.165, 1.54) is 6.07 Å². The molecule has 0 amide bonds. The number of hydrogen-bond acceptors (Lipinski definition) is 4. The van der Waals surface area contributed by atoms with Gasteiger partial charge in [-0.15, -0.1) is 0 Å². The van der Waals surface area contributed by atoms with Crippen LogP contribution < -0.4 is 9.47 Å². The summed E-state index contributed by atoms with van der Waals surface area (Å²) < 4.78 is 53.1. The van der Waals surface area contributed by atoms with Crippen LogP contribution in [-0.4, -0.2) is 34.1 Å². The van der Waals surface area contributed by atoms with E-state index < -0.39 is 24.3 Å². The lowest BCUT2D eigenvalue weighted by molar-refractivity contribution is -0.139. The number of carbonyl (C=O) groups is 1. The number of carboxylic acids is 1. The van der Waals surface area contributed by atoms with Gasteiger partial charge in [0.05, 0.1) is 12.1 Å². The van der Waals surface area contributed by atoms with Crippen molar-refractivity contribution in [1.82, 2.24) is 9.78 Å². The maximum absolute atomic E-state index is 13.4. The molecule has 0 radical (unpaired) electrons. The Labute approximate surface area is 217 Å². The van der Waals surface area contributed by atoms with Crippen molar-refractivity contribution in [2.45, 2.75) is 19.6 Å². The van der Waals surface area contributed by atoms with E-state index in [9.17, 15) is 18.0 Å². The number of aryl methyl sites for hydroxylation is 1. The van der Waals surface area contributed by atoms with Gasteiger partial charge in [-0.25, -0.2) is 4.79 Å². The minimum Gasteiger partial charge on any atom is -0.489 e. The van der Waals surface area contributed by atoms with E-state index in [0.717, 1.165) is 23.3 Å². The number of alkyl halides is 3. The first-order valence-electron chi connectivity index (χ1n) is 11.7. The van der Waals surface area contributed by atoms with Gasteiger partial charge >= 0.3 is 12.1 Å². The lowest BCUT2D eigenvalue weighted by atomic mass is 9.95. The van der Waals surface area contributed by atoms with E-state index in [-0.39, 0.29) is 6.61 Å². The number of rotatable bonds is 10. The molecule has 196 valence electrons. The largest absolute Gasteiger partial charge is 0.489 e. The van der Waals surface area contributed by atoms with Crippen molar-refractivity contribution in [3.63, 3.8) is 0 Å². The van der Waals surface area contributed by atoms with Gasteiger partial charge < -0.3 is 14.6 Å². The summed E-state index contributed by atoms with van der Waals surface area (Å²) in [6, 6.07) is 19.6. The Morgan fingerprint density at radius 3 is 2.45 bits per heavy atom. The summed E-state index contributed by atoms with van der Waals surface area (Å²) in [7, 11) is 0. The maximum atomic E-state index is 13.4. The van der Waals surface area contributed by atoms with E-state index in [0.29, 0.717) is 34.7 Å². The molecule has 0 atom stereocenters. The average Bonchev–Trinajstić information content (AvgIpc) is 3.39. The average molecular weight is 523 g/mol. The first-order chi connectivity index (χ1) is 18.2. The lowest BCUT2D eigenvalue weighted by Crippen LogP contribution is -2.10. The monoisotopic (exact) mass is 522 g/mol. The number of nitrogens with zero attached hydrogens (tertiary/aromatic N) is 2. The van der Waals surface area contributed by atoms with Crippen molar-refractivity contribution in [2.24, 2.45) is 0 Å². The number of hydrogen-bond donors (Lipinski definition) is 1. The van der Waals surface area contributed by atoms with E-state index in [4.69, 9.17) is 14.6 Å². The third-order valence-electron chi connectivity index (χ3n) is 5.70. The fraction of sp³-hybridized carbons (Fsp3) is 0.172. The van der Waals surface area contributed by atoms with Gasteiger partial charge in [0.2, 0.25) is 0 Å². The van der Waals surface area contributed by atoms with Crippen LogP contribution in [0.25, 0.3) is 5.57 Å². The molecule has 1 N–H and O–H groups in total. The molecule has 38 heavy (non-hydrogen) atoms. The van der Waals surface area contributed by atoms with Gasteiger partial charge in [-0.05, 0) is 77.2 Å². The van der Waals surface area contributed by atoms with Crippen molar-refractivity contribution in [3.8, 4) is 11.5 Å². The zero-order chi connectivity index (χ0) is 27.1. The topological polar surface area (TPSA) is 73.6 Å². The second-order valence-electron chi connectivity index (χ2n) is 8.52. The molecular formula is C29H25F3N2O4. The molecule has 0 aliphatic heterocycles. The van der Waals surface area contributed by atoms with Crippen LogP contribution in [0.5, 0.6) is 11.5 Å².